The van der Waals surface area contributed by atoms with Crippen LogP contribution in [-0.2, 0) is 24.2 Å². The van der Waals surface area contributed by atoms with Crippen LogP contribution in [0.25, 0.3) is 0 Å². The van der Waals surface area contributed by atoms with Gasteiger partial charge in [0.2, 0.25) is 0 Å². The molecule has 0 heterocycles. The molecule has 0 bridgehead atoms. The van der Waals surface area contributed by atoms with Gasteiger partial charge < -0.3 is 21.4 Å². The number of halogens is 1. The first-order valence-electron chi connectivity index (χ1n) is 5.19. The average molecular weight is 331 g/mol. The number of hydrogen-bond acceptors (Lipinski definition) is 2. The molecule has 93 valence electrons. The van der Waals surface area contributed by atoms with Gasteiger partial charge in [0.1, 0.15) is 16.5 Å². The van der Waals surface area contributed by atoms with Gasteiger partial charge in [-0.15, -0.1) is 0 Å². The summed E-state index contributed by atoms with van der Waals surface area (Å²) in [6.07, 6.45) is 4.95. The van der Waals surface area contributed by atoms with Crippen LogP contribution in [-0.4, -0.2) is 27.3 Å². The predicted molar refractivity (Wildman–Crippen MR) is 68.0 cm³/mol. The summed E-state index contributed by atoms with van der Waals surface area (Å²) in [5, 5.41) is 0. The summed E-state index contributed by atoms with van der Waals surface area (Å²) in [5.74, 6) is 0. The predicted octanol–water partition coefficient (Wildman–Crippen LogP) is 0.271. The first kappa shape index (κ1) is 21.9. The van der Waals surface area contributed by atoms with Gasteiger partial charge in [0.15, 0.2) is 6.26 Å². The van der Waals surface area contributed by atoms with E-state index in [1.807, 2.05) is 13.1 Å². The second-order valence-electron chi connectivity index (χ2n) is 5.39. The zero-order valence-corrected chi connectivity index (χ0v) is 17.4. The Balaban J connectivity index is -0.000000845. The molecule has 16 heavy (non-hydrogen) atoms. The Morgan fingerprint density at radius 1 is 1.06 bits per heavy atom. The molecule has 0 N–H and O–H groups in total. The van der Waals surface area contributed by atoms with Crippen molar-refractivity contribution >= 4 is 16.5 Å². The van der Waals surface area contributed by atoms with Crippen LogP contribution >= 0.6 is 0 Å². The number of ether oxygens (including phenoxy) is 1. The fourth-order valence-corrected chi connectivity index (χ4v) is 10.5. The Kier molecular flexibility index (Phi) is 12.0. The van der Waals surface area contributed by atoms with Gasteiger partial charge in [0, 0.05) is 25.7 Å². The molecule has 6 heteroatoms. The SMILES string of the molecule is CCO[C]=CN([Si](C)(C)C)[Si](C)(C)C.[Cl-].[Zn]. The van der Waals surface area contributed by atoms with E-state index in [1.54, 1.807) is 0 Å². The fourth-order valence-electron chi connectivity index (χ4n) is 1.57. The summed E-state index contributed by atoms with van der Waals surface area (Å²) < 4.78 is 7.68. The van der Waals surface area contributed by atoms with Gasteiger partial charge in [-0.25, -0.2) is 0 Å². The second kappa shape index (κ2) is 8.73. The molecule has 0 aliphatic rings. The van der Waals surface area contributed by atoms with Gasteiger partial charge in [0.05, 0.1) is 6.61 Å². The van der Waals surface area contributed by atoms with Crippen LogP contribution in [0.3, 0.4) is 0 Å². The molecule has 0 fully saturated rings. The van der Waals surface area contributed by atoms with Crippen molar-refractivity contribution in [3.63, 3.8) is 0 Å². The molecule has 0 saturated carbocycles. The normalized spacial score (nSPS) is 11.7. The van der Waals surface area contributed by atoms with Crippen molar-refractivity contribution in [3.8, 4) is 0 Å². The van der Waals surface area contributed by atoms with Crippen LogP contribution in [0.4, 0.5) is 0 Å². The zero-order valence-electron chi connectivity index (χ0n) is 11.7. The largest absolute Gasteiger partial charge is 1.00 e. The molecule has 0 aromatic rings. The quantitative estimate of drug-likeness (QED) is 0.530. The van der Waals surface area contributed by atoms with E-state index in [0.29, 0.717) is 6.61 Å². The van der Waals surface area contributed by atoms with Crippen molar-refractivity contribution in [1.82, 2.24) is 4.23 Å². The summed E-state index contributed by atoms with van der Waals surface area (Å²) in [7, 11) is -2.55. The molecule has 1 radical (unpaired) electrons. The van der Waals surface area contributed by atoms with Gasteiger partial charge >= 0.3 is 0 Å². The Morgan fingerprint density at radius 3 is 1.69 bits per heavy atom. The smallest absolute Gasteiger partial charge is 0.176 e. The van der Waals surface area contributed by atoms with Crippen LogP contribution in [0.15, 0.2) is 6.20 Å². The summed E-state index contributed by atoms with van der Waals surface area (Å²) in [4.78, 5) is 0. The second-order valence-corrected chi connectivity index (χ2v) is 15.5. The first-order chi connectivity index (χ1) is 6.19. The molecule has 0 saturated heterocycles. The van der Waals surface area contributed by atoms with Crippen LogP contribution in [0, 0.1) is 6.26 Å². The molecule has 2 nitrogen and oxygen atoms in total. The van der Waals surface area contributed by atoms with Crippen LogP contribution in [0.5, 0.6) is 0 Å². The van der Waals surface area contributed by atoms with E-state index < -0.39 is 16.5 Å². The van der Waals surface area contributed by atoms with Crippen LogP contribution < -0.4 is 12.4 Å². The Labute approximate surface area is 122 Å². The van der Waals surface area contributed by atoms with E-state index in [0.717, 1.165) is 0 Å². The average Bonchev–Trinajstić information content (AvgIpc) is 1.92. The van der Waals surface area contributed by atoms with Gasteiger partial charge in [-0.3, -0.25) is 0 Å². The fraction of sp³-hybridized carbons (Fsp3) is 0.800. The van der Waals surface area contributed by atoms with Crippen molar-refractivity contribution in [2.45, 2.75) is 46.2 Å². The van der Waals surface area contributed by atoms with E-state index in [9.17, 15) is 0 Å². The van der Waals surface area contributed by atoms with Crippen molar-refractivity contribution in [2.24, 2.45) is 0 Å². The van der Waals surface area contributed by atoms with Crippen molar-refractivity contribution in [2.75, 3.05) is 6.61 Å². The maximum atomic E-state index is 5.15. The Morgan fingerprint density at radius 2 is 1.44 bits per heavy atom. The molecular weight excluding hydrogens is 307 g/mol. The summed E-state index contributed by atoms with van der Waals surface area (Å²) in [5.41, 5.74) is 0. The molecule has 0 unspecified atom stereocenters. The molecular formula is C10H24ClNOSi2Zn-. The third-order valence-electron chi connectivity index (χ3n) is 1.85. The van der Waals surface area contributed by atoms with Crippen molar-refractivity contribution in [1.29, 1.82) is 0 Å². The topological polar surface area (TPSA) is 12.5 Å². The molecule has 0 atom stereocenters. The molecule has 0 rings (SSSR count). The minimum Gasteiger partial charge on any atom is -1.00 e. The van der Waals surface area contributed by atoms with Crippen molar-refractivity contribution in [3.05, 3.63) is 12.5 Å². The minimum absolute atomic E-state index is 0. The molecule has 0 aromatic carbocycles. The number of rotatable bonds is 5. The van der Waals surface area contributed by atoms with E-state index in [-0.39, 0.29) is 31.9 Å². The summed E-state index contributed by atoms with van der Waals surface area (Å²) >= 11 is 0. The van der Waals surface area contributed by atoms with Crippen LogP contribution in [0.1, 0.15) is 6.92 Å². The van der Waals surface area contributed by atoms with E-state index >= 15 is 0 Å². The third-order valence-corrected chi connectivity index (χ3v) is 9.03. The molecule has 0 aromatic heterocycles. The maximum absolute atomic E-state index is 5.15. The third kappa shape index (κ3) is 8.80. The van der Waals surface area contributed by atoms with Crippen molar-refractivity contribution < 1.29 is 36.6 Å². The molecule has 0 spiro atoms. The van der Waals surface area contributed by atoms with Gasteiger partial charge in [0.25, 0.3) is 0 Å². The first-order valence-corrected chi connectivity index (χ1v) is 12.1. The summed E-state index contributed by atoms with van der Waals surface area (Å²) in [6, 6.07) is 0. The number of hydrogen-bond donors (Lipinski definition) is 0. The monoisotopic (exact) mass is 329 g/mol. The zero-order chi connectivity index (χ0) is 11.4. The minimum atomic E-state index is -1.28. The van der Waals surface area contributed by atoms with Gasteiger partial charge in [-0.1, -0.05) is 39.3 Å². The Hall–Kier alpha value is 0.687. The maximum Gasteiger partial charge on any atom is 0.176 e. The van der Waals surface area contributed by atoms with Crippen LogP contribution in [0.2, 0.25) is 39.3 Å². The molecule has 0 aliphatic carbocycles. The van der Waals surface area contributed by atoms with E-state index in [1.165, 1.54) is 0 Å². The van der Waals surface area contributed by atoms with E-state index in [4.69, 9.17) is 4.74 Å². The standard InChI is InChI=1S/C10H24NOSi2.ClH.Zn/c1-8-12-10-9-11(13(2,3)4)14(5,6)7;;/h9H,8H2,1-7H3;1H;/p-1. The molecule has 0 amide bonds. The molecule has 0 aliphatic heterocycles. The number of nitrogens with zero attached hydrogens (tertiary/aromatic N) is 1. The van der Waals surface area contributed by atoms with Gasteiger partial charge in [-0.05, 0) is 6.92 Å². The Bertz CT molecular complexity index is 188. The van der Waals surface area contributed by atoms with E-state index in [2.05, 4.69) is 49.8 Å². The van der Waals surface area contributed by atoms with Gasteiger partial charge in [-0.2, -0.15) is 0 Å². The summed E-state index contributed by atoms with van der Waals surface area (Å²) in [6.45, 7) is 16.8.